The second kappa shape index (κ2) is 6.67. The summed E-state index contributed by atoms with van der Waals surface area (Å²) in [5.41, 5.74) is 0.678. The molecule has 2 heterocycles. The Morgan fingerprint density at radius 3 is 2.38 bits per heavy atom. The van der Waals surface area contributed by atoms with Gasteiger partial charge in [-0.05, 0) is 23.1 Å². The zero-order chi connectivity index (χ0) is 18.3. The highest BCUT2D eigenvalue weighted by Crippen LogP contribution is 2.43. The van der Waals surface area contributed by atoms with E-state index in [0.29, 0.717) is 50.6 Å². The van der Waals surface area contributed by atoms with Crippen LogP contribution in [0.1, 0.15) is 38.3 Å². The molecule has 2 aliphatic heterocycles. The smallest absolute Gasteiger partial charge is 0.231 e. The summed E-state index contributed by atoms with van der Waals surface area (Å²) in [4.78, 5) is 28.2. The van der Waals surface area contributed by atoms with Crippen LogP contribution in [0.5, 0.6) is 11.5 Å². The molecule has 1 aliphatic carbocycles. The molecule has 6 nitrogen and oxygen atoms in total. The van der Waals surface area contributed by atoms with Crippen LogP contribution in [0.15, 0.2) is 18.2 Å². The molecule has 1 saturated carbocycles. The topological polar surface area (TPSA) is 65.1 Å². The molecule has 0 N–H and O–H groups in total. The Balaban J connectivity index is 1.71. The number of Topliss-reactive ketones (excluding diaryl/α,β-unsaturated/α-hetero) is 2. The Hall–Kier alpha value is -1.92. The zero-order valence-corrected chi connectivity index (χ0v) is 15.3. The van der Waals surface area contributed by atoms with E-state index in [9.17, 15) is 9.59 Å². The summed E-state index contributed by atoms with van der Waals surface area (Å²) in [6.07, 6.45) is 0.879. The van der Waals surface area contributed by atoms with Crippen LogP contribution >= 0.6 is 0 Å². The molecular weight excluding hydrogens is 334 g/mol. The largest absolute Gasteiger partial charge is 0.454 e. The first-order valence-electron chi connectivity index (χ1n) is 9.21. The number of morpholine rings is 1. The van der Waals surface area contributed by atoms with Gasteiger partial charge in [0.2, 0.25) is 6.79 Å². The zero-order valence-electron chi connectivity index (χ0n) is 15.3. The number of hydrogen-bond acceptors (Lipinski definition) is 6. The highest BCUT2D eigenvalue weighted by molar-refractivity contribution is 6.06. The van der Waals surface area contributed by atoms with Crippen LogP contribution in [-0.4, -0.2) is 49.6 Å². The van der Waals surface area contributed by atoms with Crippen molar-refractivity contribution in [1.82, 2.24) is 4.90 Å². The van der Waals surface area contributed by atoms with Gasteiger partial charge in [-0.25, -0.2) is 0 Å². The van der Waals surface area contributed by atoms with Gasteiger partial charge < -0.3 is 14.2 Å². The molecule has 1 aromatic rings. The molecule has 1 aromatic carbocycles. The Labute approximate surface area is 153 Å². The normalized spacial score (nSPS) is 24.7. The summed E-state index contributed by atoms with van der Waals surface area (Å²) in [6, 6.07) is 5.47. The number of ketones is 2. The molecule has 3 aliphatic rings. The van der Waals surface area contributed by atoms with Crippen molar-refractivity contribution in [1.29, 1.82) is 0 Å². The number of rotatable bonds is 3. The van der Waals surface area contributed by atoms with E-state index in [2.05, 4.69) is 4.90 Å². The van der Waals surface area contributed by atoms with Crippen LogP contribution in [0, 0.1) is 11.3 Å². The maximum Gasteiger partial charge on any atom is 0.231 e. The quantitative estimate of drug-likeness (QED) is 0.772. The molecule has 1 atom stereocenters. The van der Waals surface area contributed by atoms with Gasteiger partial charge in [0.1, 0.15) is 11.6 Å². The minimum Gasteiger partial charge on any atom is -0.454 e. The number of benzene rings is 1. The number of carbonyl (C=O) groups is 2. The van der Waals surface area contributed by atoms with Gasteiger partial charge in [0.15, 0.2) is 11.5 Å². The first kappa shape index (κ1) is 17.5. The van der Waals surface area contributed by atoms with Crippen molar-refractivity contribution in [3.05, 3.63) is 23.8 Å². The number of fused-ring (bicyclic) bond motifs is 1. The van der Waals surface area contributed by atoms with Gasteiger partial charge in [-0.1, -0.05) is 19.9 Å². The van der Waals surface area contributed by atoms with E-state index in [1.165, 1.54) is 0 Å². The third-order valence-electron chi connectivity index (χ3n) is 5.49. The summed E-state index contributed by atoms with van der Waals surface area (Å²) in [5, 5.41) is 0. The van der Waals surface area contributed by atoms with E-state index in [4.69, 9.17) is 14.2 Å². The lowest BCUT2D eigenvalue weighted by molar-refractivity contribution is -0.144. The summed E-state index contributed by atoms with van der Waals surface area (Å²) in [6.45, 7) is 6.82. The Morgan fingerprint density at radius 1 is 1.04 bits per heavy atom. The molecule has 1 saturated heterocycles. The van der Waals surface area contributed by atoms with Crippen molar-refractivity contribution < 1.29 is 23.8 Å². The fraction of sp³-hybridized carbons (Fsp3) is 0.600. The third-order valence-corrected chi connectivity index (χ3v) is 5.49. The highest BCUT2D eigenvalue weighted by Gasteiger charge is 2.46. The van der Waals surface area contributed by atoms with E-state index < -0.39 is 5.92 Å². The van der Waals surface area contributed by atoms with E-state index in [1.54, 1.807) is 0 Å². The molecule has 140 valence electrons. The van der Waals surface area contributed by atoms with Crippen molar-refractivity contribution in [2.75, 3.05) is 33.1 Å². The Bertz CT molecular complexity index is 703. The van der Waals surface area contributed by atoms with Gasteiger partial charge in [0.25, 0.3) is 0 Å². The Kier molecular flexibility index (Phi) is 4.49. The van der Waals surface area contributed by atoms with Crippen LogP contribution in [0.3, 0.4) is 0 Å². The summed E-state index contributed by atoms with van der Waals surface area (Å²) in [7, 11) is 0. The number of hydrogen-bond donors (Lipinski definition) is 0. The molecule has 0 bridgehead atoms. The summed E-state index contributed by atoms with van der Waals surface area (Å²) >= 11 is 0. The van der Waals surface area contributed by atoms with Gasteiger partial charge in [-0.2, -0.15) is 0 Å². The average Bonchev–Trinajstić information content (AvgIpc) is 3.05. The molecule has 6 heteroatoms. The maximum absolute atomic E-state index is 13.0. The van der Waals surface area contributed by atoms with Gasteiger partial charge in [0.05, 0.1) is 25.2 Å². The summed E-state index contributed by atoms with van der Waals surface area (Å²) in [5.74, 6) is 0.844. The minimum atomic E-state index is -0.624. The third kappa shape index (κ3) is 3.23. The maximum atomic E-state index is 13.0. The van der Waals surface area contributed by atoms with E-state index in [1.807, 2.05) is 32.0 Å². The molecule has 0 spiro atoms. The Morgan fingerprint density at radius 2 is 1.69 bits per heavy atom. The monoisotopic (exact) mass is 359 g/mol. The van der Waals surface area contributed by atoms with Crippen LogP contribution in [0.2, 0.25) is 0 Å². The molecule has 0 aromatic heterocycles. The molecule has 2 fully saturated rings. The second-order valence-electron chi connectivity index (χ2n) is 8.13. The second-order valence-corrected chi connectivity index (χ2v) is 8.13. The fourth-order valence-electron chi connectivity index (χ4n) is 4.32. The SMILES string of the molecule is CC1(C)CC(=O)C([C@H](c2ccc3c(c2)OCO3)N2CCOCC2)C(=O)C1. The van der Waals surface area contributed by atoms with Gasteiger partial charge in [-0.15, -0.1) is 0 Å². The van der Waals surface area contributed by atoms with Gasteiger partial charge in [-0.3, -0.25) is 14.5 Å². The summed E-state index contributed by atoms with van der Waals surface area (Å²) < 4.78 is 16.4. The highest BCUT2D eigenvalue weighted by atomic mass is 16.7. The molecular formula is C20H25NO5. The molecule has 0 radical (unpaired) electrons. The van der Waals surface area contributed by atoms with E-state index in [-0.39, 0.29) is 29.8 Å². The lowest BCUT2D eigenvalue weighted by atomic mass is 9.68. The number of ether oxygens (including phenoxy) is 3. The van der Waals surface area contributed by atoms with Crippen molar-refractivity contribution in [3.63, 3.8) is 0 Å². The molecule has 4 rings (SSSR count). The van der Waals surface area contributed by atoms with Crippen LogP contribution in [-0.2, 0) is 14.3 Å². The molecule has 0 unspecified atom stereocenters. The number of nitrogens with zero attached hydrogens (tertiary/aromatic N) is 1. The first-order chi connectivity index (χ1) is 12.4. The lowest BCUT2D eigenvalue weighted by Gasteiger charge is -2.42. The lowest BCUT2D eigenvalue weighted by Crippen LogP contribution is -2.49. The van der Waals surface area contributed by atoms with Gasteiger partial charge in [0, 0.05) is 25.9 Å². The van der Waals surface area contributed by atoms with Gasteiger partial charge >= 0.3 is 0 Å². The van der Waals surface area contributed by atoms with Crippen LogP contribution < -0.4 is 9.47 Å². The minimum absolute atomic E-state index is 0.0420. The average molecular weight is 359 g/mol. The first-order valence-corrected chi connectivity index (χ1v) is 9.21. The standard InChI is InChI=1S/C20H25NO5/c1-20(2)10-14(22)18(15(23)11-20)19(21-5-7-24-8-6-21)13-3-4-16-17(9-13)26-12-25-16/h3-4,9,18-19H,5-8,10-12H2,1-2H3/t19-/m0/s1. The predicted molar refractivity (Wildman–Crippen MR) is 94.2 cm³/mol. The predicted octanol–water partition coefficient (Wildman–Crippen LogP) is 2.36. The van der Waals surface area contributed by atoms with Crippen molar-refractivity contribution >= 4 is 11.6 Å². The molecule has 26 heavy (non-hydrogen) atoms. The fourth-order valence-corrected chi connectivity index (χ4v) is 4.32. The van der Waals surface area contributed by atoms with Crippen molar-refractivity contribution in [2.45, 2.75) is 32.7 Å². The van der Waals surface area contributed by atoms with Crippen molar-refractivity contribution in [3.8, 4) is 11.5 Å². The van der Waals surface area contributed by atoms with Crippen LogP contribution in [0.4, 0.5) is 0 Å². The van der Waals surface area contributed by atoms with Crippen LogP contribution in [0.25, 0.3) is 0 Å². The van der Waals surface area contributed by atoms with Crippen molar-refractivity contribution in [2.24, 2.45) is 11.3 Å². The number of carbonyl (C=O) groups excluding carboxylic acids is 2. The van der Waals surface area contributed by atoms with E-state index in [0.717, 1.165) is 5.56 Å². The molecule has 0 amide bonds. The van der Waals surface area contributed by atoms with E-state index >= 15 is 0 Å².